The molecule has 2 saturated carbocycles. The van der Waals surface area contributed by atoms with Crippen LogP contribution in [0.2, 0.25) is 0 Å². The molecule has 5 atom stereocenters. The predicted octanol–water partition coefficient (Wildman–Crippen LogP) is 3.65. The van der Waals surface area contributed by atoms with Gasteiger partial charge in [-0.05, 0) is 56.2 Å². The smallest absolute Gasteiger partial charge is 0.338 e. The molecule has 2 bridgehead atoms. The first-order valence-electron chi connectivity index (χ1n) is 10.7. The lowest BCUT2D eigenvalue weighted by atomic mass is 9.81. The third-order valence-corrected chi connectivity index (χ3v) is 6.98. The summed E-state index contributed by atoms with van der Waals surface area (Å²) in [6.45, 7) is 1.53. The minimum Gasteiger partial charge on any atom is -0.451 e. The summed E-state index contributed by atoms with van der Waals surface area (Å²) in [5, 5.41) is 0. The minimum atomic E-state index is -0.955. The van der Waals surface area contributed by atoms with E-state index in [0.29, 0.717) is 23.1 Å². The van der Waals surface area contributed by atoms with Crippen molar-refractivity contribution < 1.29 is 23.9 Å². The van der Waals surface area contributed by atoms with E-state index in [1.54, 1.807) is 48.5 Å². The summed E-state index contributed by atoms with van der Waals surface area (Å²) in [6, 6.07) is 15.0. The van der Waals surface area contributed by atoms with Crippen LogP contribution in [0, 0.1) is 23.7 Å². The van der Waals surface area contributed by atoms with Gasteiger partial charge < -0.3 is 4.74 Å². The number of benzene rings is 2. The van der Waals surface area contributed by atoms with Crippen LogP contribution in [-0.4, -0.2) is 29.7 Å². The number of fused-ring (bicyclic) bond motifs is 5. The van der Waals surface area contributed by atoms with E-state index >= 15 is 0 Å². The number of rotatable bonds is 5. The molecule has 0 aromatic heterocycles. The predicted molar refractivity (Wildman–Crippen MR) is 112 cm³/mol. The van der Waals surface area contributed by atoms with Crippen LogP contribution < -0.4 is 4.90 Å². The Morgan fingerprint density at radius 3 is 2.16 bits per heavy atom. The van der Waals surface area contributed by atoms with Crippen LogP contribution in [0.4, 0.5) is 5.69 Å². The molecule has 6 nitrogen and oxygen atoms in total. The van der Waals surface area contributed by atoms with Crippen molar-refractivity contribution in [2.24, 2.45) is 23.7 Å². The number of ether oxygens (including phenoxy) is 1. The average molecular weight is 417 g/mol. The van der Waals surface area contributed by atoms with Crippen LogP contribution in [0.1, 0.15) is 46.9 Å². The average Bonchev–Trinajstić information content (AvgIpc) is 3.47. The Labute approximate surface area is 180 Å². The summed E-state index contributed by atoms with van der Waals surface area (Å²) in [5.41, 5.74) is 1.05. The van der Waals surface area contributed by atoms with Gasteiger partial charge in [0.15, 0.2) is 6.10 Å². The molecule has 31 heavy (non-hydrogen) atoms. The van der Waals surface area contributed by atoms with Gasteiger partial charge in [0.2, 0.25) is 17.6 Å². The number of hydrogen-bond donors (Lipinski definition) is 0. The normalized spacial score (nSPS) is 27.3. The van der Waals surface area contributed by atoms with E-state index in [1.165, 1.54) is 17.9 Å². The van der Waals surface area contributed by atoms with Gasteiger partial charge in [0, 0.05) is 5.56 Å². The minimum absolute atomic E-state index is 0.152. The maximum Gasteiger partial charge on any atom is 0.338 e. The first-order valence-corrected chi connectivity index (χ1v) is 10.7. The van der Waals surface area contributed by atoms with E-state index in [-0.39, 0.29) is 35.0 Å². The molecule has 0 unspecified atom stereocenters. The van der Waals surface area contributed by atoms with Crippen molar-refractivity contribution in [3.05, 3.63) is 65.7 Å². The lowest BCUT2D eigenvalue weighted by Crippen LogP contribution is -2.33. The number of carbonyl (C=O) groups is 4. The van der Waals surface area contributed by atoms with Crippen LogP contribution in [-0.2, 0) is 14.3 Å². The van der Waals surface area contributed by atoms with Crippen molar-refractivity contribution in [3.8, 4) is 0 Å². The summed E-state index contributed by atoms with van der Waals surface area (Å²) >= 11 is 0. The van der Waals surface area contributed by atoms with E-state index in [9.17, 15) is 19.2 Å². The van der Waals surface area contributed by atoms with Gasteiger partial charge >= 0.3 is 5.97 Å². The summed E-state index contributed by atoms with van der Waals surface area (Å²) in [7, 11) is 0. The second-order valence-electron chi connectivity index (χ2n) is 8.72. The monoisotopic (exact) mass is 417 g/mol. The Morgan fingerprint density at radius 1 is 0.903 bits per heavy atom. The molecule has 158 valence electrons. The second kappa shape index (κ2) is 7.45. The van der Waals surface area contributed by atoms with Gasteiger partial charge in [-0.2, -0.15) is 0 Å². The Bertz CT molecular complexity index is 1050. The lowest BCUT2D eigenvalue weighted by molar-refractivity contribution is -0.123. The van der Waals surface area contributed by atoms with E-state index in [2.05, 4.69) is 0 Å². The summed E-state index contributed by atoms with van der Waals surface area (Å²) in [6.07, 6.45) is 2.04. The van der Waals surface area contributed by atoms with Crippen molar-refractivity contribution in [3.63, 3.8) is 0 Å². The topological polar surface area (TPSA) is 80.8 Å². The third-order valence-electron chi connectivity index (χ3n) is 6.98. The second-order valence-corrected chi connectivity index (χ2v) is 8.72. The number of Topliss-reactive ketones (excluding diaryl/α,β-unsaturated/α-hetero) is 1. The highest BCUT2D eigenvalue weighted by Gasteiger charge is 2.61. The number of hydrogen-bond acceptors (Lipinski definition) is 5. The first kappa shape index (κ1) is 19.7. The summed E-state index contributed by atoms with van der Waals surface area (Å²) in [5.74, 6) is -1.10. The van der Waals surface area contributed by atoms with Gasteiger partial charge in [-0.3, -0.25) is 19.3 Å². The Kier molecular flexibility index (Phi) is 4.73. The molecule has 2 aromatic carbocycles. The van der Waals surface area contributed by atoms with Crippen LogP contribution in [0.3, 0.4) is 0 Å². The van der Waals surface area contributed by atoms with Crippen LogP contribution in [0.15, 0.2) is 54.6 Å². The number of anilines is 1. The molecule has 0 radical (unpaired) electrons. The Morgan fingerprint density at radius 2 is 1.52 bits per heavy atom. The van der Waals surface area contributed by atoms with Crippen LogP contribution in [0.25, 0.3) is 0 Å². The molecule has 2 aromatic rings. The Hall–Kier alpha value is -3.28. The molecule has 1 aliphatic heterocycles. The van der Waals surface area contributed by atoms with Crippen molar-refractivity contribution in [1.82, 2.24) is 0 Å². The maximum atomic E-state index is 13.0. The van der Waals surface area contributed by atoms with Gasteiger partial charge in [-0.1, -0.05) is 36.4 Å². The lowest BCUT2D eigenvalue weighted by Gasteiger charge is -2.19. The fourth-order valence-corrected chi connectivity index (χ4v) is 5.55. The zero-order chi connectivity index (χ0) is 21.7. The van der Waals surface area contributed by atoms with Gasteiger partial charge in [0.1, 0.15) is 0 Å². The van der Waals surface area contributed by atoms with Crippen molar-refractivity contribution in [2.45, 2.75) is 32.3 Å². The maximum absolute atomic E-state index is 13.0. The van der Waals surface area contributed by atoms with Gasteiger partial charge in [-0.25, -0.2) is 4.79 Å². The molecule has 2 aliphatic carbocycles. The molecule has 3 aliphatic rings. The highest BCUT2D eigenvalue weighted by atomic mass is 16.5. The number of ketones is 1. The summed E-state index contributed by atoms with van der Waals surface area (Å²) < 4.78 is 5.37. The van der Waals surface area contributed by atoms with E-state index in [0.717, 1.165) is 19.3 Å². The molecule has 6 heteroatoms. The highest BCUT2D eigenvalue weighted by molar-refractivity contribution is 6.22. The van der Waals surface area contributed by atoms with Crippen LogP contribution >= 0.6 is 0 Å². The zero-order valence-electron chi connectivity index (χ0n) is 17.2. The molecule has 0 N–H and O–H groups in total. The number of carbonyl (C=O) groups excluding carboxylic acids is 4. The fourth-order valence-electron chi connectivity index (χ4n) is 5.55. The number of esters is 1. The van der Waals surface area contributed by atoms with Crippen molar-refractivity contribution in [2.75, 3.05) is 4.90 Å². The van der Waals surface area contributed by atoms with Gasteiger partial charge in [0.25, 0.3) is 0 Å². The largest absolute Gasteiger partial charge is 0.451 e. The zero-order valence-corrected chi connectivity index (χ0v) is 17.2. The SMILES string of the molecule is C[C@@H](OC(=O)c1cccc(N2C(=O)[C@@H]3[C@H]4CC[C@@H](C4)[C@@H]3C2=O)c1)C(=O)c1ccccc1. The molecular weight excluding hydrogens is 394 g/mol. The number of amides is 2. The first-order chi connectivity index (χ1) is 15.0. The molecule has 3 fully saturated rings. The third kappa shape index (κ3) is 3.17. The van der Waals surface area contributed by atoms with Crippen molar-refractivity contribution >= 4 is 29.3 Å². The van der Waals surface area contributed by atoms with Crippen LogP contribution in [0.5, 0.6) is 0 Å². The Balaban J connectivity index is 1.34. The molecular formula is C25H23NO5. The fraction of sp³-hybridized carbons (Fsp3) is 0.360. The van der Waals surface area contributed by atoms with Gasteiger partial charge in [0.05, 0.1) is 23.1 Å². The molecule has 0 spiro atoms. The van der Waals surface area contributed by atoms with Crippen molar-refractivity contribution in [1.29, 1.82) is 0 Å². The van der Waals surface area contributed by atoms with E-state index < -0.39 is 12.1 Å². The summed E-state index contributed by atoms with van der Waals surface area (Å²) in [4.78, 5) is 52.5. The molecule has 1 saturated heterocycles. The highest BCUT2D eigenvalue weighted by Crippen LogP contribution is 2.56. The molecule has 2 amide bonds. The standard InChI is InChI=1S/C25H23NO5/c1-14(22(27)15-6-3-2-4-7-15)31-25(30)18-8-5-9-19(13-18)26-23(28)20-16-10-11-17(12-16)21(20)24(26)29/h2-9,13-14,16-17,20-21H,10-12H2,1H3/t14-,16+,17+,20-,21+/m1/s1. The molecule has 5 rings (SSSR count). The van der Waals surface area contributed by atoms with E-state index in [1.807, 2.05) is 0 Å². The van der Waals surface area contributed by atoms with Gasteiger partial charge in [-0.15, -0.1) is 0 Å². The molecule has 1 heterocycles. The van der Waals surface area contributed by atoms with E-state index in [4.69, 9.17) is 4.74 Å². The number of nitrogens with zero attached hydrogens (tertiary/aromatic N) is 1. The quantitative estimate of drug-likeness (QED) is 0.421. The number of imide groups is 1.